The number of halogens is 1. The summed E-state index contributed by atoms with van der Waals surface area (Å²) in [4.78, 5) is 26.8. The highest BCUT2D eigenvalue weighted by atomic mass is 127. The Kier molecular flexibility index (Phi) is 11.3. The molecule has 0 saturated carbocycles. The monoisotopic (exact) mass is 445 g/mol. The second-order valence-electron chi connectivity index (χ2n) is 4.71. The van der Waals surface area contributed by atoms with Crippen molar-refractivity contribution in [1.82, 2.24) is 16.0 Å². The van der Waals surface area contributed by atoms with Gasteiger partial charge in [0.1, 0.15) is 0 Å². The largest absolute Gasteiger partial charge is 0.368 e. The summed E-state index contributed by atoms with van der Waals surface area (Å²) in [6.07, 6.45) is 1.76. The van der Waals surface area contributed by atoms with Gasteiger partial charge in [-0.25, -0.2) is 4.99 Å². The maximum Gasteiger partial charge on any atom is 0.251 e. The van der Waals surface area contributed by atoms with Gasteiger partial charge in [0.05, 0.1) is 13.1 Å². The molecule has 0 aliphatic rings. The summed E-state index contributed by atoms with van der Waals surface area (Å²) in [6, 6.07) is 7.01. The third kappa shape index (κ3) is 8.51. The number of rotatable bonds is 8. The number of guanidine groups is 1. The molecule has 132 valence electrons. The highest BCUT2D eigenvalue weighted by molar-refractivity contribution is 14.0. The Balaban J connectivity index is 0.00000529. The molecule has 0 aliphatic heterocycles. The minimum Gasteiger partial charge on any atom is -0.368 e. The van der Waals surface area contributed by atoms with Crippen molar-refractivity contribution in [3.8, 4) is 0 Å². The molecule has 1 aromatic rings. The van der Waals surface area contributed by atoms with Gasteiger partial charge >= 0.3 is 0 Å². The van der Waals surface area contributed by atoms with Crippen molar-refractivity contribution in [2.24, 2.45) is 10.7 Å². The van der Waals surface area contributed by atoms with E-state index >= 15 is 0 Å². The van der Waals surface area contributed by atoms with Crippen molar-refractivity contribution >= 4 is 41.8 Å². The highest BCUT2D eigenvalue weighted by Crippen LogP contribution is 2.05. The Morgan fingerprint density at radius 2 is 1.88 bits per heavy atom. The maximum atomic E-state index is 11.8. The number of nitrogens with zero attached hydrogens (tertiary/aromatic N) is 1. The molecule has 0 heterocycles. The van der Waals surface area contributed by atoms with Crippen LogP contribution in [-0.4, -0.2) is 37.4 Å². The Morgan fingerprint density at radius 1 is 1.21 bits per heavy atom. The lowest BCUT2D eigenvalue weighted by Crippen LogP contribution is -2.37. The first-order valence-electron chi connectivity index (χ1n) is 7.35. The number of benzene rings is 1. The van der Waals surface area contributed by atoms with Gasteiger partial charge in [-0.15, -0.1) is 30.6 Å². The predicted molar refractivity (Wildman–Crippen MR) is 106 cm³/mol. The molecule has 1 aromatic carbocycles. The zero-order valence-electron chi connectivity index (χ0n) is 13.7. The van der Waals surface area contributed by atoms with Crippen LogP contribution in [-0.2, 0) is 11.3 Å². The first kappa shape index (κ1) is 21.9. The number of carbonyl (C=O) groups excluding carboxylic acids is 2. The van der Waals surface area contributed by atoms with Crippen LogP contribution in [0.2, 0.25) is 0 Å². The Bertz CT molecular complexity index is 572. The molecule has 0 atom stereocenters. The van der Waals surface area contributed by atoms with E-state index in [4.69, 9.17) is 5.73 Å². The van der Waals surface area contributed by atoms with Crippen molar-refractivity contribution in [3.63, 3.8) is 0 Å². The van der Waals surface area contributed by atoms with E-state index in [1.807, 2.05) is 19.1 Å². The fourth-order valence-corrected chi connectivity index (χ4v) is 1.71. The summed E-state index contributed by atoms with van der Waals surface area (Å²) in [6.45, 7) is 7.34. The van der Waals surface area contributed by atoms with Crippen molar-refractivity contribution in [1.29, 1.82) is 0 Å². The molecule has 0 aliphatic carbocycles. The second kappa shape index (κ2) is 12.3. The summed E-state index contributed by atoms with van der Waals surface area (Å²) in [7, 11) is 0. The maximum absolute atomic E-state index is 11.8. The SMILES string of the molecule is C=CCNC(=NCc1ccc(C(=O)NCC(N)=O)cc1)NCC.I. The van der Waals surface area contributed by atoms with Crippen molar-refractivity contribution < 1.29 is 9.59 Å². The van der Waals surface area contributed by atoms with Gasteiger partial charge in [-0.2, -0.15) is 0 Å². The fraction of sp³-hybridized carbons (Fsp3) is 0.312. The third-order valence-corrected chi connectivity index (χ3v) is 2.82. The molecular formula is C16H24IN5O2. The second-order valence-corrected chi connectivity index (χ2v) is 4.71. The lowest BCUT2D eigenvalue weighted by atomic mass is 10.1. The first-order valence-corrected chi connectivity index (χ1v) is 7.35. The fourth-order valence-electron chi connectivity index (χ4n) is 1.71. The van der Waals surface area contributed by atoms with Crippen LogP contribution in [0.15, 0.2) is 41.9 Å². The number of primary amides is 1. The van der Waals surface area contributed by atoms with Crippen molar-refractivity contribution in [3.05, 3.63) is 48.0 Å². The molecule has 8 heteroatoms. The van der Waals surface area contributed by atoms with Gasteiger partial charge < -0.3 is 21.7 Å². The Morgan fingerprint density at radius 3 is 2.42 bits per heavy atom. The predicted octanol–water partition coefficient (Wildman–Crippen LogP) is 0.761. The van der Waals surface area contributed by atoms with Crippen molar-refractivity contribution in [2.45, 2.75) is 13.5 Å². The minimum absolute atomic E-state index is 0. The molecule has 0 radical (unpaired) electrons. The molecular weight excluding hydrogens is 421 g/mol. The van der Waals surface area contributed by atoms with E-state index in [9.17, 15) is 9.59 Å². The average molecular weight is 445 g/mol. The lowest BCUT2D eigenvalue weighted by molar-refractivity contribution is -0.117. The Hall–Kier alpha value is -2.10. The molecule has 5 N–H and O–H groups in total. The van der Waals surface area contributed by atoms with Crippen LogP contribution < -0.4 is 21.7 Å². The lowest BCUT2D eigenvalue weighted by Gasteiger charge is -2.09. The molecule has 1 rings (SSSR count). The van der Waals surface area contributed by atoms with Gasteiger partial charge in [-0.3, -0.25) is 9.59 Å². The van der Waals surface area contributed by atoms with E-state index in [1.54, 1.807) is 18.2 Å². The number of hydrogen-bond acceptors (Lipinski definition) is 3. The van der Waals surface area contributed by atoms with E-state index in [0.29, 0.717) is 24.6 Å². The molecule has 0 aromatic heterocycles. The van der Waals surface area contributed by atoms with Gasteiger partial charge in [0.15, 0.2) is 5.96 Å². The van der Waals surface area contributed by atoms with E-state index in [2.05, 4.69) is 27.5 Å². The minimum atomic E-state index is -0.577. The number of amides is 2. The zero-order valence-corrected chi connectivity index (χ0v) is 16.0. The van der Waals surface area contributed by atoms with Crippen LogP contribution in [0.1, 0.15) is 22.8 Å². The van der Waals surface area contributed by atoms with Crippen LogP contribution in [0.25, 0.3) is 0 Å². The van der Waals surface area contributed by atoms with E-state index in [0.717, 1.165) is 12.1 Å². The number of nitrogens with one attached hydrogen (secondary N) is 3. The van der Waals surface area contributed by atoms with Crippen LogP contribution in [0.3, 0.4) is 0 Å². The van der Waals surface area contributed by atoms with Gasteiger partial charge in [-0.05, 0) is 24.6 Å². The smallest absolute Gasteiger partial charge is 0.251 e. The average Bonchev–Trinajstić information content (AvgIpc) is 2.55. The molecule has 0 bridgehead atoms. The van der Waals surface area contributed by atoms with Gasteiger partial charge in [0, 0.05) is 18.7 Å². The highest BCUT2D eigenvalue weighted by Gasteiger charge is 2.06. The van der Waals surface area contributed by atoms with E-state index in [1.165, 1.54) is 0 Å². The summed E-state index contributed by atoms with van der Waals surface area (Å²) >= 11 is 0. The number of carbonyl (C=O) groups is 2. The first-order chi connectivity index (χ1) is 11.1. The molecule has 0 spiro atoms. The molecule has 0 fully saturated rings. The van der Waals surface area contributed by atoms with Gasteiger partial charge in [-0.1, -0.05) is 18.2 Å². The van der Waals surface area contributed by atoms with Crippen LogP contribution in [0.4, 0.5) is 0 Å². The molecule has 0 saturated heterocycles. The van der Waals surface area contributed by atoms with Gasteiger partial charge in [0.25, 0.3) is 5.91 Å². The van der Waals surface area contributed by atoms with Crippen LogP contribution in [0.5, 0.6) is 0 Å². The summed E-state index contributed by atoms with van der Waals surface area (Å²) in [5.74, 6) is -0.206. The quantitative estimate of drug-likeness (QED) is 0.205. The third-order valence-electron chi connectivity index (χ3n) is 2.82. The van der Waals surface area contributed by atoms with Crippen LogP contribution in [0, 0.1) is 0 Å². The number of nitrogens with two attached hydrogens (primary N) is 1. The summed E-state index contributed by atoms with van der Waals surface area (Å²) < 4.78 is 0. The summed E-state index contributed by atoms with van der Waals surface area (Å²) in [5, 5.41) is 8.68. The molecule has 2 amide bonds. The standard InChI is InChI=1S/C16H23N5O2.HI/c1-3-9-19-16(18-4-2)21-10-12-5-7-13(8-6-12)15(23)20-11-14(17)22;/h3,5-8H,1,4,9-11H2,2H3,(H2,17,22)(H,20,23)(H2,18,19,21);1H. The molecule has 24 heavy (non-hydrogen) atoms. The topological polar surface area (TPSA) is 109 Å². The molecule has 7 nitrogen and oxygen atoms in total. The van der Waals surface area contributed by atoms with Crippen molar-refractivity contribution in [2.75, 3.05) is 19.6 Å². The van der Waals surface area contributed by atoms with E-state index < -0.39 is 5.91 Å². The zero-order chi connectivity index (χ0) is 17.1. The van der Waals surface area contributed by atoms with Gasteiger partial charge in [0.2, 0.25) is 5.91 Å². The summed E-state index contributed by atoms with van der Waals surface area (Å²) in [5.41, 5.74) is 6.42. The number of hydrogen-bond donors (Lipinski definition) is 4. The van der Waals surface area contributed by atoms with E-state index in [-0.39, 0.29) is 36.4 Å². The van der Waals surface area contributed by atoms with Crippen LogP contribution >= 0.6 is 24.0 Å². The number of aliphatic imine (C=N–C) groups is 1. The Labute approximate surface area is 159 Å². The normalized spacial score (nSPS) is 10.3. The molecule has 0 unspecified atom stereocenters.